The lowest BCUT2D eigenvalue weighted by Crippen LogP contribution is -2.46. The molecule has 3 saturated heterocycles. The Morgan fingerprint density at radius 1 is 1.40 bits per heavy atom. The standard InChI is InChI=1S/C14H24N2O3S/c1-14-5-8-18-9-12(14)20-13(19-14)16(11-17)10-15-6-3-2-4-7-15/h11-13H,2-10H2,1H3/t12-,13+,14+/m0/s1. The number of rotatable bonds is 4. The topological polar surface area (TPSA) is 42.0 Å². The molecular formula is C14H24N2O3S. The van der Waals surface area contributed by atoms with Crippen LogP contribution >= 0.6 is 11.8 Å². The minimum atomic E-state index is -0.161. The van der Waals surface area contributed by atoms with Crippen LogP contribution in [-0.4, -0.2) is 65.6 Å². The van der Waals surface area contributed by atoms with Crippen LogP contribution in [0.3, 0.4) is 0 Å². The first-order valence-corrected chi connectivity index (χ1v) is 8.50. The predicted molar refractivity (Wildman–Crippen MR) is 78.3 cm³/mol. The van der Waals surface area contributed by atoms with Gasteiger partial charge in [0.2, 0.25) is 6.41 Å². The number of carbonyl (C=O) groups excluding carboxylic acids is 1. The van der Waals surface area contributed by atoms with Gasteiger partial charge in [-0.25, -0.2) is 0 Å². The van der Waals surface area contributed by atoms with E-state index in [-0.39, 0.29) is 11.2 Å². The van der Waals surface area contributed by atoms with Crippen LogP contribution in [0.15, 0.2) is 0 Å². The van der Waals surface area contributed by atoms with E-state index in [4.69, 9.17) is 9.47 Å². The van der Waals surface area contributed by atoms with Gasteiger partial charge >= 0.3 is 0 Å². The maximum atomic E-state index is 11.5. The first-order valence-electron chi connectivity index (χ1n) is 7.56. The largest absolute Gasteiger partial charge is 0.380 e. The van der Waals surface area contributed by atoms with Gasteiger partial charge in [0, 0.05) is 13.0 Å². The minimum absolute atomic E-state index is 0.142. The van der Waals surface area contributed by atoms with Crippen LogP contribution in [0.4, 0.5) is 0 Å². The summed E-state index contributed by atoms with van der Waals surface area (Å²) in [6.07, 6.45) is 5.63. The van der Waals surface area contributed by atoms with Crippen molar-refractivity contribution in [1.29, 1.82) is 0 Å². The molecule has 3 aliphatic heterocycles. The number of hydrogen-bond donors (Lipinski definition) is 0. The van der Waals surface area contributed by atoms with Gasteiger partial charge in [-0.3, -0.25) is 14.6 Å². The van der Waals surface area contributed by atoms with Crippen LogP contribution in [-0.2, 0) is 14.3 Å². The predicted octanol–water partition coefficient (Wildman–Crippen LogP) is 1.48. The van der Waals surface area contributed by atoms with E-state index in [1.54, 1.807) is 16.7 Å². The molecule has 0 radical (unpaired) electrons. The van der Waals surface area contributed by atoms with Gasteiger partial charge in [-0.1, -0.05) is 18.2 Å². The zero-order chi connectivity index (χ0) is 14.0. The fourth-order valence-corrected chi connectivity index (χ4v) is 4.61. The molecule has 3 heterocycles. The van der Waals surface area contributed by atoms with Crippen molar-refractivity contribution in [1.82, 2.24) is 9.80 Å². The molecule has 0 aromatic rings. The van der Waals surface area contributed by atoms with Gasteiger partial charge < -0.3 is 9.47 Å². The number of amides is 1. The Morgan fingerprint density at radius 2 is 2.20 bits per heavy atom. The molecule has 0 spiro atoms. The summed E-state index contributed by atoms with van der Waals surface area (Å²) in [4.78, 5) is 15.6. The number of carbonyl (C=O) groups is 1. The van der Waals surface area contributed by atoms with Gasteiger partial charge in [0.1, 0.15) is 0 Å². The molecule has 3 rings (SSSR count). The SMILES string of the molecule is C[C@@]12CCOC[C@@H]1S[C@H](N(C=O)CN1CCCCC1)O2. The maximum absolute atomic E-state index is 11.5. The summed E-state index contributed by atoms with van der Waals surface area (Å²) in [6, 6.07) is 0. The van der Waals surface area contributed by atoms with Crippen LogP contribution in [0.25, 0.3) is 0 Å². The summed E-state index contributed by atoms with van der Waals surface area (Å²) in [5.74, 6) is 0. The van der Waals surface area contributed by atoms with Gasteiger partial charge in [-0.2, -0.15) is 0 Å². The van der Waals surface area contributed by atoms with Gasteiger partial charge in [0.15, 0.2) is 5.56 Å². The van der Waals surface area contributed by atoms with Crippen molar-refractivity contribution in [3.63, 3.8) is 0 Å². The Bertz CT molecular complexity index is 351. The Labute approximate surface area is 124 Å². The van der Waals surface area contributed by atoms with Crippen molar-refractivity contribution in [2.24, 2.45) is 0 Å². The average molecular weight is 300 g/mol. The molecule has 20 heavy (non-hydrogen) atoms. The number of ether oxygens (including phenoxy) is 2. The number of fused-ring (bicyclic) bond motifs is 1. The first kappa shape index (κ1) is 14.6. The highest BCUT2D eigenvalue weighted by Crippen LogP contribution is 2.45. The number of thioether (sulfide) groups is 1. The molecule has 6 heteroatoms. The quantitative estimate of drug-likeness (QED) is 0.736. The van der Waals surface area contributed by atoms with E-state index in [0.29, 0.717) is 11.9 Å². The normalized spacial score (nSPS) is 38.5. The van der Waals surface area contributed by atoms with E-state index >= 15 is 0 Å². The smallest absolute Gasteiger partial charge is 0.213 e. The molecule has 0 aromatic heterocycles. The zero-order valence-electron chi connectivity index (χ0n) is 12.1. The Morgan fingerprint density at radius 3 is 2.90 bits per heavy atom. The highest BCUT2D eigenvalue weighted by Gasteiger charge is 2.49. The van der Waals surface area contributed by atoms with Gasteiger partial charge in [0.05, 0.1) is 24.1 Å². The average Bonchev–Trinajstić information content (AvgIpc) is 2.83. The summed E-state index contributed by atoms with van der Waals surface area (Å²) in [5, 5.41) is 0.338. The molecule has 0 aliphatic carbocycles. The maximum Gasteiger partial charge on any atom is 0.213 e. The Kier molecular flexibility index (Phi) is 4.55. The number of likely N-dealkylation sites (tertiary alicyclic amines) is 1. The van der Waals surface area contributed by atoms with Crippen molar-refractivity contribution in [2.45, 2.75) is 49.0 Å². The third-order valence-electron chi connectivity index (χ3n) is 4.56. The molecule has 0 unspecified atom stereocenters. The molecule has 1 amide bonds. The highest BCUT2D eigenvalue weighted by molar-refractivity contribution is 8.00. The molecule has 0 aromatic carbocycles. The zero-order valence-corrected chi connectivity index (χ0v) is 12.9. The van der Waals surface area contributed by atoms with E-state index in [0.717, 1.165) is 39.1 Å². The van der Waals surface area contributed by atoms with Crippen molar-refractivity contribution >= 4 is 18.2 Å². The second-order valence-corrected chi connectivity index (χ2v) is 7.37. The summed E-state index contributed by atoms with van der Waals surface area (Å²) in [7, 11) is 0. The lowest BCUT2D eigenvalue weighted by atomic mass is 9.96. The van der Waals surface area contributed by atoms with Crippen molar-refractivity contribution in [3.8, 4) is 0 Å². The summed E-state index contributed by atoms with van der Waals surface area (Å²) in [5.41, 5.74) is -0.303. The van der Waals surface area contributed by atoms with Crippen LogP contribution < -0.4 is 0 Å². The summed E-state index contributed by atoms with van der Waals surface area (Å²) < 4.78 is 11.7. The van der Waals surface area contributed by atoms with Gasteiger partial charge in [-0.05, 0) is 32.9 Å². The van der Waals surface area contributed by atoms with E-state index in [1.165, 1.54) is 19.3 Å². The molecule has 0 N–H and O–H groups in total. The minimum Gasteiger partial charge on any atom is -0.380 e. The monoisotopic (exact) mass is 300 g/mol. The van der Waals surface area contributed by atoms with Gasteiger partial charge in [-0.15, -0.1) is 0 Å². The number of nitrogens with zero attached hydrogens (tertiary/aromatic N) is 2. The summed E-state index contributed by atoms with van der Waals surface area (Å²) >= 11 is 1.74. The Hall–Kier alpha value is -0.300. The third kappa shape index (κ3) is 2.98. The molecule has 3 aliphatic rings. The van der Waals surface area contributed by atoms with Crippen LogP contribution in [0, 0.1) is 0 Å². The second kappa shape index (κ2) is 6.22. The fourth-order valence-electron chi connectivity index (χ4n) is 3.15. The van der Waals surface area contributed by atoms with E-state index < -0.39 is 0 Å². The van der Waals surface area contributed by atoms with Crippen LogP contribution in [0.1, 0.15) is 32.6 Å². The lowest BCUT2D eigenvalue weighted by molar-refractivity contribution is -0.147. The van der Waals surface area contributed by atoms with Crippen molar-refractivity contribution in [3.05, 3.63) is 0 Å². The van der Waals surface area contributed by atoms with Crippen LogP contribution in [0.5, 0.6) is 0 Å². The lowest BCUT2D eigenvalue weighted by Gasteiger charge is -2.35. The van der Waals surface area contributed by atoms with Gasteiger partial charge in [0.25, 0.3) is 0 Å². The molecule has 0 saturated carbocycles. The van der Waals surface area contributed by atoms with Crippen LogP contribution in [0.2, 0.25) is 0 Å². The molecule has 5 nitrogen and oxygen atoms in total. The highest BCUT2D eigenvalue weighted by atomic mass is 32.2. The van der Waals surface area contributed by atoms with E-state index in [1.807, 2.05) is 0 Å². The number of hydrogen-bond acceptors (Lipinski definition) is 5. The molecular weight excluding hydrogens is 276 g/mol. The molecule has 0 bridgehead atoms. The molecule has 114 valence electrons. The molecule has 3 fully saturated rings. The fraction of sp³-hybridized carbons (Fsp3) is 0.929. The van der Waals surface area contributed by atoms with E-state index in [9.17, 15) is 4.79 Å². The second-order valence-electron chi connectivity index (χ2n) is 6.13. The molecule has 3 atom stereocenters. The third-order valence-corrected chi connectivity index (χ3v) is 6.13. The Balaban J connectivity index is 1.60. The summed E-state index contributed by atoms with van der Waals surface area (Å²) in [6.45, 7) is 6.50. The van der Waals surface area contributed by atoms with Crippen molar-refractivity contribution in [2.75, 3.05) is 33.0 Å². The first-order chi connectivity index (χ1) is 9.71. The van der Waals surface area contributed by atoms with E-state index in [2.05, 4.69) is 11.8 Å². The number of piperidine rings is 1. The van der Waals surface area contributed by atoms with Crippen molar-refractivity contribution < 1.29 is 14.3 Å².